The quantitative estimate of drug-likeness (QED) is 0.862. The molecule has 1 aliphatic heterocycles. The van der Waals surface area contributed by atoms with Gasteiger partial charge < -0.3 is 5.32 Å². The zero-order valence-electron chi connectivity index (χ0n) is 12.5. The Hall–Kier alpha value is -1.65. The molecule has 3 nitrogen and oxygen atoms in total. The summed E-state index contributed by atoms with van der Waals surface area (Å²) in [4.78, 5) is 0.502. The van der Waals surface area contributed by atoms with E-state index >= 15 is 0 Å². The Morgan fingerprint density at radius 3 is 2.55 bits per heavy atom. The average molecular weight is 315 g/mol. The summed E-state index contributed by atoms with van der Waals surface area (Å²) in [5, 5.41) is 3.52. The fraction of sp³-hybridized carbons (Fsp3) is 0.333. The van der Waals surface area contributed by atoms with E-state index in [2.05, 4.69) is 29.6 Å². The van der Waals surface area contributed by atoms with Gasteiger partial charge in [-0.1, -0.05) is 48.5 Å². The summed E-state index contributed by atoms with van der Waals surface area (Å²) in [7, 11) is -3.09. The molecule has 116 valence electrons. The molecule has 0 saturated carbocycles. The van der Waals surface area contributed by atoms with Gasteiger partial charge >= 0.3 is 0 Å². The second kappa shape index (κ2) is 6.63. The van der Waals surface area contributed by atoms with Gasteiger partial charge in [-0.2, -0.15) is 0 Å². The summed E-state index contributed by atoms with van der Waals surface area (Å²) in [6.07, 6.45) is 2.75. The standard InChI is InChI=1S/C18H21NO2S/c20-22(21)14-12-17(16-10-4-5-11-18(16)22)19-13-6-9-15-7-2-1-3-8-15/h1-5,7-8,10-11,17,19H,6,9,12-14H2/t17-/m1/s1. The van der Waals surface area contributed by atoms with E-state index in [9.17, 15) is 8.42 Å². The first-order valence-electron chi connectivity index (χ1n) is 7.76. The molecule has 3 rings (SSSR count). The molecule has 0 fully saturated rings. The minimum absolute atomic E-state index is 0.149. The Kier molecular flexibility index (Phi) is 4.60. The van der Waals surface area contributed by atoms with Crippen molar-refractivity contribution in [1.82, 2.24) is 5.32 Å². The van der Waals surface area contributed by atoms with E-state index in [0.717, 1.165) is 24.9 Å². The van der Waals surface area contributed by atoms with Gasteiger partial charge in [-0.05, 0) is 43.0 Å². The highest BCUT2D eigenvalue weighted by molar-refractivity contribution is 7.91. The van der Waals surface area contributed by atoms with Gasteiger partial charge in [0.1, 0.15) is 0 Å². The van der Waals surface area contributed by atoms with Crippen molar-refractivity contribution in [3.8, 4) is 0 Å². The number of hydrogen-bond acceptors (Lipinski definition) is 3. The fourth-order valence-electron chi connectivity index (χ4n) is 3.02. The minimum atomic E-state index is -3.09. The van der Waals surface area contributed by atoms with Crippen molar-refractivity contribution in [2.24, 2.45) is 0 Å². The highest BCUT2D eigenvalue weighted by atomic mass is 32.2. The van der Waals surface area contributed by atoms with Crippen molar-refractivity contribution in [1.29, 1.82) is 0 Å². The van der Waals surface area contributed by atoms with Gasteiger partial charge in [-0.3, -0.25) is 0 Å². The van der Waals surface area contributed by atoms with E-state index in [1.165, 1.54) is 5.56 Å². The highest BCUT2D eigenvalue weighted by Crippen LogP contribution is 2.31. The largest absolute Gasteiger partial charge is 0.310 e. The predicted octanol–water partition coefficient (Wildman–Crippen LogP) is 3.13. The predicted molar refractivity (Wildman–Crippen MR) is 88.6 cm³/mol. The Balaban J connectivity index is 1.60. The lowest BCUT2D eigenvalue weighted by molar-refractivity contribution is 0.486. The molecule has 2 aromatic carbocycles. The second-order valence-electron chi connectivity index (χ2n) is 5.74. The van der Waals surface area contributed by atoms with Crippen molar-refractivity contribution in [2.75, 3.05) is 12.3 Å². The molecule has 0 radical (unpaired) electrons. The summed E-state index contributed by atoms with van der Waals surface area (Å²) in [5.41, 5.74) is 2.27. The molecule has 0 unspecified atom stereocenters. The lowest BCUT2D eigenvalue weighted by Gasteiger charge is -2.26. The Bertz CT molecular complexity index is 726. The van der Waals surface area contributed by atoms with Crippen LogP contribution < -0.4 is 5.32 Å². The van der Waals surface area contributed by atoms with Crippen LogP contribution >= 0.6 is 0 Å². The van der Waals surface area contributed by atoms with Crippen LogP contribution in [0.2, 0.25) is 0 Å². The number of rotatable bonds is 5. The third kappa shape index (κ3) is 3.39. The van der Waals surface area contributed by atoms with E-state index in [-0.39, 0.29) is 11.8 Å². The first-order chi connectivity index (χ1) is 10.7. The third-order valence-corrected chi connectivity index (χ3v) is 6.00. The summed E-state index contributed by atoms with van der Waals surface area (Å²) < 4.78 is 24.2. The summed E-state index contributed by atoms with van der Waals surface area (Å²) in [6.45, 7) is 0.897. The first kappa shape index (κ1) is 15.3. The van der Waals surface area contributed by atoms with Crippen LogP contribution in [-0.2, 0) is 16.3 Å². The Morgan fingerprint density at radius 2 is 1.73 bits per heavy atom. The van der Waals surface area contributed by atoms with Crippen LogP contribution in [0.5, 0.6) is 0 Å². The molecule has 1 aliphatic rings. The summed E-state index contributed by atoms with van der Waals surface area (Å²) >= 11 is 0. The number of fused-ring (bicyclic) bond motifs is 1. The average Bonchev–Trinajstić information content (AvgIpc) is 2.54. The Morgan fingerprint density at radius 1 is 1.00 bits per heavy atom. The normalized spacial score (nSPS) is 19.5. The number of sulfone groups is 1. The maximum absolute atomic E-state index is 12.1. The highest BCUT2D eigenvalue weighted by Gasteiger charge is 2.29. The van der Waals surface area contributed by atoms with Gasteiger partial charge in [0.25, 0.3) is 0 Å². The molecule has 22 heavy (non-hydrogen) atoms. The van der Waals surface area contributed by atoms with Crippen molar-refractivity contribution in [3.63, 3.8) is 0 Å². The van der Waals surface area contributed by atoms with E-state index < -0.39 is 9.84 Å². The van der Waals surface area contributed by atoms with Crippen molar-refractivity contribution >= 4 is 9.84 Å². The number of benzene rings is 2. The van der Waals surface area contributed by atoms with E-state index in [1.54, 1.807) is 12.1 Å². The van der Waals surface area contributed by atoms with Crippen molar-refractivity contribution < 1.29 is 8.42 Å². The zero-order chi connectivity index (χ0) is 15.4. The molecule has 0 spiro atoms. The molecule has 1 heterocycles. The maximum Gasteiger partial charge on any atom is 0.178 e. The summed E-state index contributed by atoms with van der Waals surface area (Å²) in [5.74, 6) is 0.236. The number of nitrogens with one attached hydrogen (secondary N) is 1. The number of aryl methyl sites for hydroxylation is 1. The van der Waals surface area contributed by atoms with E-state index in [1.807, 2.05) is 18.2 Å². The molecule has 2 aromatic rings. The van der Waals surface area contributed by atoms with Gasteiger partial charge in [0.15, 0.2) is 9.84 Å². The van der Waals surface area contributed by atoms with Crippen LogP contribution in [0.1, 0.15) is 30.0 Å². The van der Waals surface area contributed by atoms with Gasteiger partial charge in [0.05, 0.1) is 10.6 Å². The van der Waals surface area contributed by atoms with E-state index in [4.69, 9.17) is 0 Å². The molecule has 4 heteroatoms. The van der Waals surface area contributed by atoms with E-state index in [0.29, 0.717) is 11.3 Å². The van der Waals surface area contributed by atoms with Crippen LogP contribution in [0.3, 0.4) is 0 Å². The second-order valence-corrected chi connectivity index (χ2v) is 7.82. The number of hydrogen-bond donors (Lipinski definition) is 1. The Labute approximate surface area is 132 Å². The molecule has 1 N–H and O–H groups in total. The van der Waals surface area contributed by atoms with Crippen LogP contribution in [0.15, 0.2) is 59.5 Å². The fourth-order valence-corrected chi connectivity index (χ4v) is 4.64. The van der Waals surface area contributed by atoms with Crippen molar-refractivity contribution in [3.05, 3.63) is 65.7 Å². The molecule has 0 aliphatic carbocycles. The minimum Gasteiger partial charge on any atom is -0.310 e. The maximum atomic E-state index is 12.1. The third-order valence-electron chi connectivity index (χ3n) is 4.18. The van der Waals surface area contributed by atoms with Crippen LogP contribution in [0.4, 0.5) is 0 Å². The SMILES string of the molecule is O=S1(=O)CC[C@@H](NCCCc2ccccc2)c2ccccc21. The van der Waals surface area contributed by atoms with Gasteiger partial charge in [0, 0.05) is 6.04 Å². The zero-order valence-corrected chi connectivity index (χ0v) is 13.4. The topological polar surface area (TPSA) is 46.2 Å². The summed E-state index contributed by atoms with van der Waals surface area (Å²) in [6, 6.07) is 18.0. The first-order valence-corrected chi connectivity index (χ1v) is 9.41. The smallest absolute Gasteiger partial charge is 0.178 e. The van der Waals surface area contributed by atoms with Gasteiger partial charge in [-0.25, -0.2) is 8.42 Å². The monoisotopic (exact) mass is 315 g/mol. The van der Waals surface area contributed by atoms with Crippen LogP contribution in [-0.4, -0.2) is 20.7 Å². The molecule has 1 atom stereocenters. The molecule has 0 amide bonds. The van der Waals surface area contributed by atoms with Crippen LogP contribution in [0.25, 0.3) is 0 Å². The molecule has 0 aromatic heterocycles. The lowest BCUT2D eigenvalue weighted by Crippen LogP contribution is -2.30. The van der Waals surface area contributed by atoms with Crippen LogP contribution in [0, 0.1) is 0 Å². The lowest BCUT2D eigenvalue weighted by atomic mass is 10.0. The van der Waals surface area contributed by atoms with Gasteiger partial charge in [-0.15, -0.1) is 0 Å². The molecule has 0 saturated heterocycles. The molecular formula is C18H21NO2S. The van der Waals surface area contributed by atoms with Crippen molar-refractivity contribution in [2.45, 2.75) is 30.2 Å². The van der Waals surface area contributed by atoms with Gasteiger partial charge in [0.2, 0.25) is 0 Å². The molecular weight excluding hydrogens is 294 g/mol. The molecule has 0 bridgehead atoms.